The standard InChI is InChI=1S/C10H11IN/c11-9-6-10(7-9,8-9)12-4-2-1-3-5-12/h1-5H,6-8H2/q+1. The minimum atomic E-state index is 0.530. The zero-order valence-corrected chi connectivity index (χ0v) is 8.99. The Labute approximate surface area is 85.9 Å². The van der Waals surface area contributed by atoms with E-state index in [-0.39, 0.29) is 0 Å². The van der Waals surface area contributed by atoms with Crippen molar-refractivity contribution in [3.63, 3.8) is 0 Å². The van der Waals surface area contributed by atoms with Gasteiger partial charge in [-0.1, -0.05) is 28.7 Å². The van der Waals surface area contributed by atoms with Gasteiger partial charge in [-0.15, -0.1) is 0 Å². The average molecular weight is 272 g/mol. The van der Waals surface area contributed by atoms with Gasteiger partial charge in [0.25, 0.3) is 0 Å². The molecule has 0 atom stereocenters. The van der Waals surface area contributed by atoms with Crippen LogP contribution in [0.5, 0.6) is 0 Å². The highest BCUT2D eigenvalue weighted by atomic mass is 127. The van der Waals surface area contributed by atoms with E-state index < -0.39 is 0 Å². The second-order valence-electron chi connectivity index (χ2n) is 4.19. The number of hydrogen-bond acceptors (Lipinski definition) is 0. The summed E-state index contributed by atoms with van der Waals surface area (Å²) in [5, 5.41) is 0. The molecule has 0 amide bonds. The lowest BCUT2D eigenvalue weighted by Gasteiger charge is -2.62. The summed E-state index contributed by atoms with van der Waals surface area (Å²) in [5.74, 6) is 0. The Morgan fingerprint density at radius 1 is 1.00 bits per heavy atom. The van der Waals surface area contributed by atoms with E-state index in [2.05, 4.69) is 57.8 Å². The Bertz CT molecular complexity index is 300. The molecule has 1 aromatic rings. The van der Waals surface area contributed by atoms with Crippen LogP contribution in [0.4, 0.5) is 0 Å². The van der Waals surface area contributed by atoms with Crippen LogP contribution in [0.3, 0.4) is 0 Å². The van der Waals surface area contributed by atoms with Crippen molar-refractivity contribution in [3.8, 4) is 0 Å². The van der Waals surface area contributed by atoms with Crippen LogP contribution in [-0.4, -0.2) is 3.42 Å². The van der Waals surface area contributed by atoms with Gasteiger partial charge in [0.15, 0.2) is 17.9 Å². The highest BCUT2D eigenvalue weighted by Crippen LogP contribution is 2.67. The smallest absolute Gasteiger partial charge is 0.171 e. The van der Waals surface area contributed by atoms with Crippen molar-refractivity contribution in [1.82, 2.24) is 0 Å². The highest BCUT2D eigenvalue weighted by molar-refractivity contribution is 14.1. The zero-order valence-electron chi connectivity index (χ0n) is 6.83. The van der Waals surface area contributed by atoms with Crippen LogP contribution in [0.15, 0.2) is 30.6 Å². The Morgan fingerprint density at radius 2 is 1.58 bits per heavy atom. The van der Waals surface area contributed by atoms with E-state index in [1.807, 2.05) is 0 Å². The molecule has 0 aromatic carbocycles. The van der Waals surface area contributed by atoms with Gasteiger partial charge in [-0.2, -0.15) is 4.57 Å². The molecule has 12 heavy (non-hydrogen) atoms. The molecule has 0 N–H and O–H groups in total. The van der Waals surface area contributed by atoms with Gasteiger partial charge in [0.05, 0.1) is 0 Å². The number of nitrogens with zero attached hydrogens (tertiary/aromatic N) is 1. The molecule has 2 bridgehead atoms. The van der Waals surface area contributed by atoms with Crippen LogP contribution >= 0.6 is 22.6 Å². The van der Waals surface area contributed by atoms with Gasteiger partial charge in [-0.25, -0.2) is 0 Å². The summed E-state index contributed by atoms with van der Waals surface area (Å²) < 4.78 is 3.08. The minimum absolute atomic E-state index is 0.530. The lowest BCUT2D eigenvalue weighted by molar-refractivity contribution is -0.800. The Morgan fingerprint density at radius 3 is 2.08 bits per heavy atom. The van der Waals surface area contributed by atoms with Crippen molar-refractivity contribution >= 4 is 22.6 Å². The van der Waals surface area contributed by atoms with E-state index in [9.17, 15) is 0 Å². The quantitative estimate of drug-likeness (QED) is 0.418. The predicted octanol–water partition coefficient (Wildman–Crippen LogP) is 2.04. The highest BCUT2D eigenvalue weighted by Gasteiger charge is 2.73. The summed E-state index contributed by atoms with van der Waals surface area (Å²) in [6, 6.07) is 6.34. The molecule has 1 aromatic heterocycles. The van der Waals surface area contributed by atoms with Crippen LogP contribution in [0, 0.1) is 0 Å². The third-order valence-electron chi connectivity index (χ3n) is 3.20. The minimum Gasteiger partial charge on any atom is -0.200 e. The van der Waals surface area contributed by atoms with Crippen LogP contribution in [-0.2, 0) is 5.54 Å². The van der Waals surface area contributed by atoms with E-state index >= 15 is 0 Å². The topological polar surface area (TPSA) is 3.88 Å². The molecule has 0 unspecified atom stereocenters. The molecule has 62 valence electrons. The van der Waals surface area contributed by atoms with E-state index in [0.717, 1.165) is 0 Å². The van der Waals surface area contributed by atoms with Gasteiger partial charge in [0.2, 0.25) is 0 Å². The van der Waals surface area contributed by atoms with Gasteiger partial charge in [-0.3, -0.25) is 0 Å². The van der Waals surface area contributed by atoms with Gasteiger partial charge in [0, 0.05) is 34.8 Å². The Kier molecular flexibility index (Phi) is 1.23. The third kappa shape index (κ3) is 0.767. The molecule has 0 aliphatic heterocycles. The third-order valence-corrected chi connectivity index (χ3v) is 4.35. The molecule has 3 fully saturated rings. The number of rotatable bonds is 1. The monoisotopic (exact) mass is 272 g/mol. The van der Waals surface area contributed by atoms with Crippen molar-refractivity contribution in [2.75, 3.05) is 0 Å². The van der Waals surface area contributed by atoms with Crippen LogP contribution < -0.4 is 4.57 Å². The molecule has 0 spiro atoms. The summed E-state index contributed by atoms with van der Waals surface area (Å²) >= 11 is 2.62. The first-order chi connectivity index (χ1) is 5.73. The fraction of sp³-hybridized carbons (Fsp3) is 0.500. The fourth-order valence-electron chi connectivity index (χ4n) is 2.60. The molecule has 4 rings (SSSR count). The summed E-state index contributed by atoms with van der Waals surface area (Å²) in [7, 11) is 0. The SMILES string of the molecule is IC12CC([n+]3ccccc3)(C1)C2. The molecular formula is C10H11IN+. The lowest BCUT2D eigenvalue weighted by Crippen LogP contribution is -2.79. The van der Waals surface area contributed by atoms with Gasteiger partial charge >= 0.3 is 0 Å². The Balaban J connectivity index is 1.94. The normalized spacial score (nSPS) is 43.1. The van der Waals surface area contributed by atoms with E-state index in [4.69, 9.17) is 0 Å². The van der Waals surface area contributed by atoms with Crippen molar-refractivity contribution in [3.05, 3.63) is 30.6 Å². The maximum Gasteiger partial charge on any atom is 0.171 e. The molecule has 2 heteroatoms. The second kappa shape index (κ2) is 2.03. The number of hydrogen-bond donors (Lipinski definition) is 0. The molecule has 1 nitrogen and oxygen atoms in total. The average Bonchev–Trinajstić information content (AvgIpc) is 1.99. The predicted molar refractivity (Wildman–Crippen MR) is 55.2 cm³/mol. The van der Waals surface area contributed by atoms with E-state index in [1.54, 1.807) is 0 Å². The first kappa shape index (κ1) is 7.30. The van der Waals surface area contributed by atoms with Crippen LogP contribution in [0.25, 0.3) is 0 Å². The van der Waals surface area contributed by atoms with Gasteiger partial charge < -0.3 is 0 Å². The summed E-state index contributed by atoms with van der Waals surface area (Å²) in [6.45, 7) is 0. The van der Waals surface area contributed by atoms with Crippen molar-refractivity contribution in [2.24, 2.45) is 0 Å². The lowest BCUT2D eigenvalue weighted by atomic mass is 9.49. The first-order valence-electron chi connectivity index (χ1n) is 4.38. The molecular weight excluding hydrogens is 261 g/mol. The number of aromatic nitrogens is 1. The van der Waals surface area contributed by atoms with Crippen molar-refractivity contribution < 1.29 is 4.57 Å². The molecule has 3 aliphatic rings. The van der Waals surface area contributed by atoms with Gasteiger partial charge in [-0.05, 0) is 0 Å². The fourth-order valence-corrected chi connectivity index (χ4v) is 4.73. The zero-order chi connectivity index (χ0) is 8.23. The van der Waals surface area contributed by atoms with Crippen molar-refractivity contribution in [2.45, 2.75) is 28.2 Å². The van der Waals surface area contributed by atoms with E-state index in [0.29, 0.717) is 8.96 Å². The number of alkyl halides is 1. The van der Waals surface area contributed by atoms with E-state index in [1.165, 1.54) is 19.3 Å². The summed E-state index contributed by atoms with van der Waals surface area (Å²) in [6.07, 6.45) is 8.56. The maximum absolute atomic E-state index is 2.62. The van der Waals surface area contributed by atoms with Crippen LogP contribution in [0.2, 0.25) is 0 Å². The molecule has 3 aliphatic carbocycles. The second-order valence-corrected chi connectivity index (χ2v) is 6.48. The molecule has 1 heterocycles. The molecule has 3 saturated carbocycles. The molecule has 0 saturated heterocycles. The van der Waals surface area contributed by atoms with Crippen molar-refractivity contribution in [1.29, 1.82) is 0 Å². The number of halogens is 1. The maximum atomic E-state index is 2.62. The summed E-state index contributed by atoms with van der Waals surface area (Å²) in [4.78, 5) is 0. The summed E-state index contributed by atoms with van der Waals surface area (Å²) in [5.41, 5.74) is 0.530. The Hall–Kier alpha value is -0.120. The first-order valence-corrected chi connectivity index (χ1v) is 5.46. The number of pyridine rings is 1. The largest absolute Gasteiger partial charge is 0.200 e. The van der Waals surface area contributed by atoms with Gasteiger partial charge in [0.1, 0.15) is 0 Å². The molecule has 0 radical (unpaired) electrons. The van der Waals surface area contributed by atoms with Crippen LogP contribution in [0.1, 0.15) is 19.3 Å².